The maximum atomic E-state index is 3.86. The molecule has 0 bridgehead atoms. The summed E-state index contributed by atoms with van der Waals surface area (Å²) in [6, 6.07) is 0. The fourth-order valence-electron chi connectivity index (χ4n) is 3.25. The van der Waals surface area contributed by atoms with E-state index in [1.807, 2.05) is 39.9 Å². The number of hydrogen-bond acceptors (Lipinski definition) is 3. The molecule has 0 aromatic heterocycles. The van der Waals surface area contributed by atoms with E-state index in [-0.39, 0.29) is 0 Å². The molecule has 0 N–H and O–H groups in total. The third-order valence-electron chi connectivity index (χ3n) is 4.82. The van der Waals surface area contributed by atoms with Gasteiger partial charge in [0.1, 0.15) is 0 Å². The monoisotopic (exact) mass is 339 g/mol. The second-order valence-corrected chi connectivity index (χ2v) is 7.68. The van der Waals surface area contributed by atoms with Gasteiger partial charge < -0.3 is 14.7 Å². The van der Waals surface area contributed by atoms with Gasteiger partial charge in [0.25, 0.3) is 0 Å². The highest BCUT2D eigenvalue weighted by atomic mass is 15.2. The van der Waals surface area contributed by atoms with E-state index in [2.05, 4.69) is 29.4 Å². The van der Waals surface area contributed by atoms with Crippen molar-refractivity contribution in [3.05, 3.63) is 12.7 Å². The standard InChI is InChI=1S/C16H30N2.C3H9N.C2H6/c1-3-4-16-7-11-18(12-8-16)14-13-17-9-5-15(2)6-10-17;1-4(2)3;1-2/h3,15-16H,1,4-14H2,2H3;1-3H3;1-2H3. The van der Waals surface area contributed by atoms with Gasteiger partial charge in [0.05, 0.1) is 0 Å². The zero-order chi connectivity index (χ0) is 18.4. The van der Waals surface area contributed by atoms with Crippen molar-refractivity contribution in [2.75, 3.05) is 60.4 Å². The number of likely N-dealkylation sites (tertiary alicyclic amines) is 2. The van der Waals surface area contributed by atoms with E-state index < -0.39 is 0 Å². The van der Waals surface area contributed by atoms with Gasteiger partial charge in [-0.3, -0.25) is 0 Å². The van der Waals surface area contributed by atoms with Crippen molar-refractivity contribution in [2.45, 2.75) is 52.9 Å². The lowest BCUT2D eigenvalue weighted by Crippen LogP contribution is -2.42. The average molecular weight is 340 g/mol. The van der Waals surface area contributed by atoms with Gasteiger partial charge in [-0.15, -0.1) is 6.58 Å². The molecule has 0 aliphatic carbocycles. The van der Waals surface area contributed by atoms with Gasteiger partial charge in [0.2, 0.25) is 0 Å². The molecule has 0 aromatic carbocycles. The first kappa shape index (κ1) is 23.6. The van der Waals surface area contributed by atoms with Gasteiger partial charge in [0, 0.05) is 13.1 Å². The summed E-state index contributed by atoms with van der Waals surface area (Å²) in [6.45, 7) is 18.1. The summed E-state index contributed by atoms with van der Waals surface area (Å²) in [4.78, 5) is 7.33. The van der Waals surface area contributed by atoms with Gasteiger partial charge in [-0.1, -0.05) is 26.8 Å². The van der Waals surface area contributed by atoms with Crippen molar-refractivity contribution in [3.63, 3.8) is 0 Å². The van der Waals surface area contributed by atoms with Crippen LogP contribution in [0.4, 0.5) is 0 Å². The third-order valence-corrected chi connectivity index (χ3v) is 4.82. The van der Waals surface area contributed by atoms with Crippen molar-refractivity contribution in [1.29, 1.82) is 0 Å². The summed E-state index contributed by atoms with van der Waals surface area (Å²) in [5.74, 6) is 1.87. The molecule has 0 aromatic rings. The zero-order valence-electron chi connectivity index (χ0n) is 17.6. The van der Waals surface area contributed by atoms with Crippen LogP contribution in [-0.4, -0.2) is 75.1 Å². The smallest absolute Gasteiger partial charge is 0.0109 e. The van der Waals surface area contributed by atoms with Crippen LogP contribution in [0, 0.1) is 11.8 Å². The highest BCUT2D eigenvalue weighted by Crippen LogP contribution is 2.21. The molecule has 0 amide bonds. The van der Waals surface area contributed by atoms with Crippen molar-refractivity contribution >= 4 is 0 Å². The molecule has 2 aliphatic rings. The lowest BCUT2D eigenvalue weighted by atomic mass is 9.93. The number of rotatable bonds is 5. The Bertz CT molecular complexity index is 272. The van der Waals surface area contributed by atoms with Crippen molar-refractivity contribution in [2.24, 2.45) is 11.8 Å². The molecular weight excluding hydrogens is 294 g/mol. The maximum Gasteiger partial charge on any atom is 0.0109 e. The molecule has 0 spiro atoms. The Kier molecular flexibility index (Phi) is 14.7. The van der Waals surface area contributed by atoms with Crippen LogP contribution < -0.4 is 0 Å². The minimum absolute atomic E-state index is 0.912. The minimum Gasteiger partial charge on any atom is -0.312 e. The normalized spacial score (nSPS) is 20.8. The van der Waals surface area contributed by atoms with Gasteiger partial charge in [-0.25, -0.2) is 0 Å². The number of nitrogens with zero attached hydrogens (tertiary/aromatic N) is 3. The Morgan fingerprint density at radius 3 is 1.62 bits per heavy atom. The van der Waals surface area contributed by atoms with E-state index in [9.17, 15) is 0 Å². The Morgan fingerprint density at radius 1 is 0.875 bits per heavy atom. The quantitative estimate of drug-likeness (QED) is 0.695. The molecule has 2 aliphatic heterocycles. The first-order valence-electron chi connectivity index (χ1n) is 10.2. The summed E-state index contributed by atoms with van der Waals surface area (Å²) in [5.41, 5.74) is 0. The van der Waals surface area contributed by atoms with Gasteiger partial charge in [-0.05, 0) is 91.3 Å². The molecule has 2 fully saturated rings. The highest BCUT2D eigenvalue weighted by molar-refractivity contribution is 4.79. The number of allylic oxidation sites excluding steroid dienone is 1. The molecule has 0 atom stereocenters. The molecular formula is C21H45N3. The first-order chi connectivity index (χ1) is 11.5. The van der Waals surface area contributed by atoms with Crippen molar-refractivity contribution in [3.8, 4) is 0 Å². The van der Waals surface area contributed by atoms with Crippen molar-refractivity contribution in [1.82, 2.24) is 14.7 Å². The first-order valence-corrected chi connectivity index (χ1v) is 10.2. The lowest BCUT2D eigenvalue weighted by Gasteiger charge is -2.35. The fraction of sp³-hybridized carbons (Fsp3) is 0.905. The maximum absolute atomic E-state index is 3.86. The summed E-state index contributed by atoms with van der Waals surface area (Å²) >= 11 is 0. The Morgan fingerprint density at radius 2 is 1.25 bits per heavy atom. The van der Waals surface area contributed by atoms with Crippen LogP contribution in [-0.2, 0) is 0 Å². The lowest BCUT2D eigenvalue weighted by molar-refractivity contribution is 0.135. The van der Waals surface area contributed by atoms with E-state index in [0.717, 1.165) is 11.8 Å². The summed E-state index contributed by atoms with van der Waals surface area (Å²) in [5, 5.41) is 0. The van der Waals surface area contributed by atoms with E-state index in [1.54, 1.807) is 0 Å². The second kappa shape index (κ2) is 14.9. The molecule has 3 nitrogen and oxygen atoms in total. The third kappa shape index (κ3) is 12.0. The molecule has 144 valence electrons. The largest absolute Gasteiger partial charge is 0.312 e. The molecule has 2 rings (SSSR count). The molecule has 0 unspecified atom stereocenters. The molecule has 0 saturated carbocycles. The second-order valence-electron chi connectivity index (χ2n) is 7.68. The van der Waals surface area contributed by atoms with E-state index in [4.69, 9.17) is 0 Å². The van der Waals surface area contributed by atoms with Crippen LogP contribution in [0.25, 0.3) is 0 Å². The average Bonchev–Trinajstić information content (AvgIpc) is 2.57. The SMILES string of the molecule is C=CCC1CCN(CCN2CCC(C)CC2)CC1.CC.CN(C)C. The van der Waals surface area contributed by atoms with Gasteiger partial charge in [-0.2, -0.15) is 0 Å². The predicted molar refractivity (Wildman–Crippen MR) is 110 cm³/mol. The van der Waals surface area contributed by atoms with Gasteiger partial charge >= 0.3 is 0 Å². The summed E-state index contributed by atoms with van der Waals surface area (Å²) < 4.78 is 0. The molecule has 3 heteroatoms. The van der Waals surface area contributed by atoms with Crippen LogP contribution in [0.2, 0.25) is 0 Å². The van der Waals surface area contributed by atoms with Crippen LogP contribution >= 0.6 is 0 Å². The van der Waals surface area contributed by atoms with Crippen molar-refractivity contribution < 1.29 is 0 Å². The molecule has 24 heavy (non-hydrogen) atoms. The molecule has 0 radical (unpaired) electrons. The molecule has 2 heterocycles. The van der Waals surface area contributed by atoms with Crippen LogP contribution in [0.15, 0.2) is 12.7 Å². The van der Waals surface area contributed by atoms with E-state index in [0.29, 0.717) is 0 Å². The topological polar surface area (TPSA) is 9.72 Å². The fourth-order valence-corrected chi connectivity index (χ4v) is 3.25. The highest BCUT2D eigenvalue weighted by Gasteiger charge is 2.20. The van der Waals surface area contributed by atoms with Crippen LogP contribution in [0.1, 0.15) is 52.9 Å². The predicted octanol–water partition coefficient (Wildman–Crippen LogP) is 4.21. The van der Waals surface area contributed by atoms with Crippen LogP contribution in [0.5, 0.6) is 0 Å². The van der Waals surface area contributed by atoms with Gasteiger partial charge in [0.15, 0.2) is 0 Å². The summed E-state index contributed by atoms with van der Waals surface area (Å²) in [6.07, 6.45) is 8.88. The Balaban J connectivity index is 0.000000773. The number of piperidine rings is 2. The zero-order valence-corrected chi connectivity index (χ0v) is 17.6. The van der Waals surface area contributed by atoms with E-state index >= 15 is 0 Å². The Labute approximate surface area is 153 Å². The summed E-state index contributed by atoms with van der Waals surface area (Å²) in [7, 11) is 6.00. The van der Waals surface area contributed by atoms with E-state index in [1.165, 1.54) is 71.4 Å². The minimum atomic E-state index is 0.912. The Hall–Kier alpha value is -0.380. The van der Waals surface area contributed by atoms with Crippen LogP contribution in [0.3, 0.4) is 0 Å². The molecule has 2 saturated heterocycles. The number of hydrogen-bond donors (Lipinski definition) is 0.